The van der Waals surface area contributed by atoms with E-state index in [1.54, 1.807) is 0 Å². The molecule has 0 spiro atoms. The van der Waals surface area contributed by atoms with Gasteiger partial charge >= 0.3 is 0 Å². The monoisotopic (exact) mass is 419 g/mol. The summed E-state index contributed by atoms with van der Waals surface area (Å²) in [7, 11) is 0. The summed E-state index contributed by atoms with van der Waals surface area (Å²) < 4.78 is 2.27. The lowest BCUT2D eigenvalue weighted by atomic mass is 9.92. The molecule has 2 saturated carbocycles. The molecule has 0 amide bonds. The van der Waals surface area contributed by atoms with Crippen LogP contribution in [0.2, 0.25) is 0 Å². The summed E-state index contributed by atoms with van der Waals surface area (Å²) in [6, 6.07) is 9.75. The molecule has 164 valence electrons. The zero-order valence-corrected chi connectivity index (χ0v) is 18.3. The standard InChI is InChI=1S/C24H33N7/c1-16-5-4-6-17(13-16)14-26-22-21-23(31(15-27-21)20-7-2-3-8-20)30-24(29-22)28-19-11-9-18(25)10-12-19/h4-6,13,15,18-20H,2-3,7-12,14,25H2,1H3,(H2,26,28,29,30)/t18-,19-. The molecular weight excluding hydrogens is 386 g/mol. The predicted octanol–water partition coefficient (Wildman–Crippen LogP) is 4.54. The van der Waals surface area contributed by atoms with E-state index in [1.165, 1.54) is 36.8 Å². The van der Waals surface area contributed by atoms with Gasteiger partial charge in [-0.2, -0.15) is 9.97 Å². The Kier molecular flexibility index (Phi) is 5.76. The van der Waals surface area contributed by atoms with Crippen LogP contribution in [-0.4, -0.2) is 31.6 Å². The third-order valence-electron chi connectivity index (χ3n) is 6.79. The summed E-state index contributed by atoms with van der Waals surface area (Å²) in [6.45, 7) is 2.83. The van der Waals surface area contributed by atoms with Crippen LogP contribution in [0.25, 0.3) is 11.2 Å². The van der Waals surface area contributed by atoms with Crippen LogP contribution in [0.5, 0.6) is 0 Å². The molecule has 1 aromatic carbocycles. The minimum absolute atomic E-state index is 0.330. The van der Waals surface area contributed by atoms with Crippen molar-refractivity contribution < 1.29 is 0 Å². The molecule has 2 heterocycles. The van der Waals surface area contributed by atoms with Gasteiger partial charge in [0.2, 0.25) is 5.95 Å². The fourth-order valence-corrected chi connectivity index (χ4v) is 5.01. The SMILES string of the molecule is Cc1cccc(CNc2nc(N[C@H]3CC[C@H](N)CC3)nc3c2ncn3C2CCCC2)c1. The molecule has 0 radical (unpaired) electrons. The first-order valence-electron chi connectivity index (χ1n) is 11.7. The lowest BCUT2D eigenvalue weighted by Gasteiger charge is -2.27. The number of aromatic nitrogens is 4. The normalized spacial score (nSPS) is 22.1. The number of rotatable bonds is 6. The third kappa shape index (κ3) is 4.51. The number of fused-ring (bicyclic) bond motifs is 1. The van der Waals surface area contributed by atoms with Gasteiger partial charge in [-0.15, -0.1) is 0 Å². The molecular formula is C24H33N7. The zero-order valence-electron chi connectivity index (χ0n) is 18.3. The number of hydrogen-bond acceptors (Lipinski definition) is 6. The van der Waals surface area contributed by atoms with E-state index < -0.39 is 0 Å². The van der Waals surface area contributed by atoms with Crippen LogP contribution in [-0.2, 0) is 6.54 Å². The Morgan fingerprint density at radius 3 is 2.65 bits per heavy atom. The van der Waals surface area contributed by atoms with Gasteiger partial charge < -0.3 is 20.9 Å². The second kappa shape index (κ2) is 8.83. The summed E-state index contributed by atoms with van der Waals surface area (Å²) in [4.78, 5) is 14.5. The molecule has 0 bridgehead atoms. The molecule has 2 fully saturated rings. The van der Waals surface area contributed by atoms with Gasteiger partial charge in [0.05, 0.1) is 6.33 Å². The van der Waals surface area contributed by atoms with E-state index in [0.29, 0.717) is 30.6 Å². The van der Waals surface area contributed by atoms with Crippen molar-refractivity contribution >= 4 is 22.9 Å². The predicted molar refractivity (Wildman–Crippen MR) is 125 cm³/mol. The van der Waals surface area contributed by atoms with Crippen LogP contribution in [0.1, 0.15) is 68.5 Å². The molecule has 0 aliphatic heterocycles. The first-order valence-corrected chi connectivity index (χ1v) is 11.7. The van der Waals surface area contributed by atoms with Crippen LogP contribution in [0.4, 0.5) is 11.8 Å². The summed E-state index contributed by atoms with van der Waals surface area (Å²) in [5.41, 5.74) is 10.4. The topological polar surface area (TPSA) is 93.7 Å². The van der Waals surface area contributed by atoms with E-state index in [-0.39, 0.29) is 0 Å². The van der Waals surface area contributed by atoms with Gasteiger partial charge in [-0.25, -0.2) is 4.98 Å². The Bertz CT molecular complexity index is 1030. The highest BCUT2D eigenvalue weighted by atomic mass is 15.2. The van der Waals surface area contributed by atoms with E-state index in [0.717, 1.165) is 42.7 Å². The number of nitrogens with zero attached hydrogens (tertiary/aromatic N) is 4. The van der Waals surface area contributed by atoms with Crippen molar-refractivity contribution in [3.63, 3.8) is 0 Å². The van der Waals surface area contributed by atoms with Crippen LogP contribution in [0.3, 0.4) is 0 Å². The Morgan fingerprint density at radius 1 is 1.06 bits per heavy atom. The number of nitrogens with two attached hydrogens (primary N) is 1. The van der Waals surface area contributed by atoms with E-state index >= 15 is 0 Å². The highest BCUT2D eigenvalue weighted by Crippen LogP contribution is 2.33. The minimum atomic E-state index is 0.330. The van der Waals surface area contributed by atoms with Gasteiger partial charge in [-0.05, 0) is 51.0 Å². The van der Waals surface area contributed by atoms with Crippen molar-refractivity contribution in [2.24, 2.45) is 5.73 Å². The van der Waals surface area contributed by atoms with Gasteiger partial charge in [0.1, 0.15) is 0 Å². The van der Waals surface area contributed by atoms with Crippen molar-refractivity contribution in [1.82, 2.24) is 19.5 Å². The molecule has 2 aromatic heterocycles. The van der Waals surface area contributed by atoms with E-state index in [2.05, 4.69) is 46.4 Å². The summed E-state index contributed by atoms with van der Waals surface area (Å²) in [5.74, 6) is 1.50. The largest absolute Gasteiger partial charge is 0.364 e. The molecule has 0 atom stereocenters. The molecule has 0 saturated heterocycles. The Labute approximate surface area is 183 Å². The van der Waals surface area contributed by atoms with Crippen molar-refractivity contribution in [2.45, 2.75) is 83.0 Å². The quantitative estimate of drug-likeness (QED) is 0.543. The molecule has 4 N–H and O–H groups in total. The van der Waals surface area contributed by atoms with E-state index in [9.17, 15) is 0 Å². The molecule has 0 unspecified atom stereocenters. The highest BCUT2D eigenvalue weighted by Gasteiger charge is 2.23. The number of benzene rings is 1. The van der Waals surface area contributed by atoms with Gasteiger partial charge in [0.25, 0.3) is 0 Å². The van der Waals surface area contributed by atoms with Gasteiger partial charge in [-0.1, -0.05) is 42.7 Å². The maximum absolute atomic E-state index is 6.09. The number of aryl methyl sites for hydroxylation is 1. The zero-order chi connectivity index (χ0) is 21.2. The number of nitrogens with one attached hydrogen (secondary N) is 2. The van der Waals surface area contributed by atoms with Crippen LogP contribution >= 0.6 is 0 Å². The first kappa shape index (κ1) is 20.2. The van der Waals surface area contributed by atoms with E-state index in [1.807, 2.05) is 6.33 Å². The van der Waals surface area contributed by atoms with Crippen molar-refractivity contribution in [3.8, 4) is 0 Å². The lowest BCUT2D eigenvalue weighted by molar-refractivity contribution is 0.410. The highest BCUT2D eigenvalue weighted by molar-refractivity contribution is 5.84. The second-order valence-corrected chi connectivity index (χ2v) is 9.26. The first-order chi connectivity index (χ1) is 15.2. The average molecular weight is 420 g/mol. The fraction of sp³-hybridized carbons (Fsp3) is 0.542. The van der Waals surface area contributed by atoms with Gasteiger partial charge in [0, 0.05) is 24.7 Å². The number of hydrogen-bond donors (Lipinski definition) is 3. The van der Waals surface area contributed by atoms with Crippen molar-refractivity contribution in [2.75, 3.05) is 10.6 Å². The smallest absolute Gasteiger partial charge is 0.227 e. The van der Waals surface area contributed by atoms with Crippen LogP contribution in [0.15, 0.2) is 30.6 Å². The average Bonchev–Trinajstić information content (AvgIpc) is 3.43. The number of imidazole rings is 1. The fourth-order valence-electron chi connectivity index (χ4n) is 5.01. The molecule has 7 heteroatoms. The Balaban J connectivity index is 1.45. The van der Waals surface area contributed by atoms with E-state index in [4.69, 9.17) is 20.7 Å². The molecule has 7 nitrogen and oxygen atoms in total. The van der Waals surface area contributed by atoms with Crippen LogP contribution in [0, 0.1) is 6.92 Å². The maximum atomic E-state index is 6.09. The summed E-state index contributed by atoms with van der Waals surface area (Å²) >= 11 is 0. The lowest BCUT2D eigenvalue weighted by Crippen LogP contribution is -2.33. The Hall–Kier alpha value is -2.67. The third-order valence-corrected chi connectivity index (χ3v) is 6.79. The second-order valence-electron chi connectivity index (χ2n) is 9.26. The molecule has 5 rings (SSSR count). The summed E-state index contributed by atoms with van der Waals surface area (Å²) in [5, 5.41) is 7.12. The summed E-state index contributed by atoms with van der Waals surface area (Å²) in [6.07, 6.45) is 11.2. The molecule has 2 aliphatic rings. The molecule has 2 aliphatic carbocycles. The van der Waals surface area contributed by atoms with Crippen LogP contribution < -0.4 is 16.4 Å². The maximum Gasteiger partial charge on any atom is 0.227 e. The molecule has 3 aromatic rings. The minimum Gasteiger partial charge on any atom is -0.364 e. The van der Waals surface area contributed by atoms with Crippen molar-refractivity contribution in [3.05, 3.63) is 41.7 Å². The van der Waals surface area contributed by atoms with Gasteiger partial charge in [0.15, 0.2) is 17.0 Å². The van der Waals surface area contributed by atoms with Crippen molar-refractivity contribution in [1.29, 1.82) is 0 Å². The van der Waals surface area contributed by atoms with Gasteiger partial charge in [-0.3, -0.25) is 0 Å². The molecule has 31 heavy (non-hydrogen) atoms. The Morgan fingerprint density at radius 2 is 1.87 bits per heavy atom. The number of anilines is 2.